The maximum atomic E-state index is 12.7. The van der Waals surface area contributed by atoms with Crippen LogP contribution in [-0.2, 0) is 20.0 Å². The summed E-state index contributed by atoms with van der Waals surface area (Å²) in [7, 11) is -10.6. The molecule has 1 fully saturated rings. The third kappa shape index (κ3) is 1.95. The monoisotopic (exact) mass is 271 g/mol. The molecule has 90 valence electrons. The molecule has 5 nitrogen and oxygen atoms in total. The van der Waals surface area contributed by atoms with E-state index in [4.69, 9.17) is 0 Å². The molecule has 0 aliphatic carbocycles. The van der Waals surface area contributed by atoms with Crippen molar-refractivity contribution in [1.29, 1.82) is 0 Å². The van der Waals surface area contributed by atoms with Crippen LogP contribution in [0.4, 0.5) is 17.6 Å². The second-order valence-electron chi connectivity index (χ2n) is 2.88. The van der Waals surface area contributed by atoms with Gasteiger partial charge in [-0.2, -0.15) is 17.6 Å². The number of rotatable bonds is 0. The molecule has 1 aliphatic heterocycles. The van der Waals surface area contributed by atoms with Crippen molar-refractivity contribution in [2.75, 3.05) is 5.75 Å². The number of nitrogens with one attached hydrogen (secondary N) is 1. The Labute approximate surface area is 82.6 Å². The highest BCUT2D eigenvalue weighted by molar-refractivity contribution is 8.05. The number of hydrogen-bond acceptors (Lipinski definition) is 4. The Kier molecular flexibility index (Phi) is 2.57. The van der Waals surface area contributed by atoms with Crippen molar-refractivity contribution in [2.45, 2.75) is 17.6 Å². The molecule has 0 aromatic rings. The fourth-order valence-corrected chi connectivity index (χ4v) is 3.98. The normalized spacial score (nSPS) is 31.7. The summed E-state index contributed by atoms with van der Waals surface area (Å²) in [5.74, 6) is -6.29. The van der Waals surface area contributed by atoms with E-state index in [1.165, 1.54) is 0 Å². The van der Waals surface area contributed by atoms with Gasteiger partial charge in [0.1, 0.15) is 0 Å². The Hall–Kier alpha value is -0.420. The molecule has 0 bridgehead atoms. The predicted molar refractivity (Wildman–Crippen MR) is 40.4 cm³/mol. The molecular formula is C4H5F4NO4S2. The van der Waals surface area contributed by atoms with Gasteiger partial charge in [-0.05, 0) is 0 Å². The van der Waals surface area contributed by atoms with E-state index in [0.29, 0.717) is 4.13 Å². The van der Waals surface area contributed by atoms with Gasteiger partial charge in [0.15, 0.2) is 0 Å². The summed E-state index contributed by atoms with van der Waals surface area (Å²) < 4.78 is 93.9. The summed E-state index contributed by atoms with van der Waals surface area (Å²) in [6, 6.07) is 0. The minimum absolute atomic E-state index is 0.555. The summed E-state index contributed by atoms with van der Waals surface area (Å²) in [5, 5.41) is -5.44. The van der Waals surface area contributed by atoms with E-state index in [1.807, 2.05) is 0 Å². The number of halogens is 4. The van der Waals surface area contributed by atoms with E-state index < -0.39 is 43.4 Å². The average Bonchev–Trinajstić information content (AvgIpc) is 2.00. The largest absolute Gasteiger partial charge is 0.421 e. The maximum Gasteiger partial charge on any atom is 0.421 e. The van der Waals surface area contributed by atoms with Gasteiger partial charge in [-0.1, -0.05) is 0 Å². The third-order valence-electron chi connectivity index (χ3n) is 1.68. The predicted octanol–water partition coefficient (Wildman–Crippen LogP) is -0.133. The lowest BCUT2D eigenvalue weighted by molar-refractivity contribution is -0.156. The lowest BCUT2D eigenvalue weighted by Gasteiger charge is -2.21. The van der Waals surface area contributed by atoms with Gasteiger partial charge in [0, 0.05) is 6.42 Å². The van der Waals surface area contributed by atoms with Gasteiger partial charge < -0.3 is 0 Å². The Balaban J connectivity index is 3.42. The van der Waals surface area contributed by atoms with Gasteiger partial charge in [-0.15, -0.1) is 4.13 Å². The zero-order valence-corrected chi connectivity index (χ0v) is 8.51. The zero-order chi connectivity index (χ0) is 12.1. The molecular weight excluding hydrogens is 266 g/mol. The Morgan fingerprint density at radius 2 is 1.47 bits per heavy atom. The summed E-state index contributed by atoms with van der Waals surface area (Å²) in [4.78, 5) is 0. The van der Waals surface area contributed by atoms with Crippen LogP contribution in [-0.4, -0.2) is 33.8 Å². The molecule has 0 aromatic carbocycles. The number of sulfonamides is 2. The molecule has 1 N–H and O–H groups in total. The van der Waals surface area contributed by atoms with Crippen LogP contribution >= 0.6 is 0 Å². The van der Waals surface area contributed by atoms with Gasteiger partial charge in [-0.3, -0.25) is 0 Å². The first-order valence-electron chi connectivity index (χ1n) is 3.43. The van der Waals surface area contributed by atoms with Crippen LogP contribution in [0.2, 0.25) is 0 Å². The third-order valence-corrected chi connectivity index (χ3v) is 5.29. The quantitative estimate of drug-likeness (QED) is 0.622. The lowest BCUT2D eigenvalue weighted by atomic mass is 10.3. The summed E-state index contributed by atoms with van der Waals surface area (Å²) in [6.07, 6.45) is -1.76. The van der Waals surface area contributed by atoms with E-state index in [2.05, 4.69) is 0 Å². The molecule has 0 saturated carbocycles. The molecule has 0 aromatic heterocycles. The van der Waals surface area contributed by atoms with Crippen molar-refractivity contribution in [3.8, 4) is 0 Å². The first kappa shape index (κ1) is 12.6. The van der Waals surface area contributed by atoms with Crippen molar-refractivity contribution in [1.82, 2.24) is 4.13 Å². The van der Waals surface area contributed by atoms with E-state index in [9.17, 15) is 34.4 Å². The topological polar surface area (TPSA) is 80.3 Å². The van der Waals surface area contributed by atoms with Gasteiger partial charge in [0.25, 0.3) is 10.0 Å². The van der Waals surface area contributed by atoms with Crippen molar-refractivity contribution >= 4 is 20.0 Å². The molecule has 11 heteroatoms. The van der Waals surface area contributed by atoms with E-state index in [-0.39, 0.29) is 0 Å². The fraction of sp³-hybridized carbons (Fsp3) is 1.00. The number of alkyl halides is 4. The molecule has 0 spiro atoms. The molecule has 1 rings (SSSR count). The molecule has 0 amide bonds. The standard InChI is InChI=1S/C4H5F4NO4S2/c5-3(6)1-2-14(10,11)9-15(12,13)4(3,7)8/h9H,1-2H2. The molecule has 1 heterocycles. The van der Waals surface area contributed by atoms with E-state index in [1.54, 1.807) is 0 Å². The van der Waals surface area contributed by atoms with Gasteiger partial charge >= 0.3 is 11.2 Å². The van der Waals surface area contributed by atoms with Crippen molar-refractivity contribution < 1.29 is 34.4 Å². The van der Waals surface area contributed by atoms with Crippen molar-refractivity contribution in [3.63, 3.8) is 0 Å². The maximum absolute atomic E-state index is 12.7. The first-order chi connectivity index (χ1) is 6.41. The lowest BCUT2D eigenvalue weighted by Crippen LogP contribution is -2.50. The second kappa shape index (κ2) is 3.04. The Bertz CT molecular complexity index is 467. The minimum atomic E-state index is -5.93. The molecule has 1 saturated heterocycles. The first-order valence-corrected chi connectivity index (χ1v) is 6.56. The summed E-state index contributed by atoms with van der Waals surface area (Å²) >= 11 is 0. The summed E-state index contributed by atoms with van der Waals surface area (Å²) in [5.41, 5.74) is 0. The molecule has 0 radical (unpaired) electrons. The average molecular weight is 271 g/mol. The van der Waals surface area contributed by atoms with Crippen LogP contribution in [0.15, 0.2) is 0 Å². The van der Waals surface area contributed by atoms with Crippen LogP contribution in [0.25, 0.3) is 0 Å². The van der Waals surface area contributed by atoms with Crippen LogP contribution in [0.1, 0.15) is 6.42 Å². The van der Waals surface area contributed by atoms with Crippen LogP contribution in [0.5, 0.6) is 0 Å². The highest BCUT2D eigenvalue weighted by Crippen LogP contribution is 2.42. The highest BCUT2D eigenvalue weighted by Gasteiger charge is 2.67. The van der Waals surface area contributed by atoms with E-state index >= 15 is 0 Å². The molecule has 0 unspecified atom stereocenters. The van der Waals surface area contributed by atoms with Crippen molar-refractivity contribution in [3.05, 3.63) is 0 Å². The van der Waals surface area contributed by atoms with Gasteiger partial charge in [0.05, 0.1) is 5.75 Å². The highest BCUT2D eigenvalue weighted by atomic mass is 32.3. The molecule has 0 atom stereocenters. The minimum Gasteiger partial charge on any atom is -0.211 e. The summed E-state index contributed by atoms with van der Waals surface area (Å²) in [6.45, 7) is 0. The molecule has 1 aliphatic rings. The SMILES string of the molecule is O=S1(=O)CCC(F)(F)C(F)(F)S(=O)(=O)N1. The second-order valence-corrected chi connectivity index (χ2v) is 6.70. The van der Waals surface area contributed by atoms with Crippen LogP contribution < -0.4 is 4.13 Å². The molecule has 15 heavy (non-hydrogen) atoms. The Morgan fingerprint density at radius 3 is 1.93 bits per heavy atom. The van der Waals surface area contributed by atoms with Crippen molar-refractivity contribution in [2.24, 2.45) is 0 Å². The van der Waals surface area contributed by atoms with Crippen LogP contribution in [0.3, 0.4) is 0 Å². The Morgan fingerprint density at radius 1 is 1.00 bits per heavy atom. The fourth-order valence-electron chi connectivity index (χ4n) is 0.866. The van der Waals surface area contributed by atoms with E-state index in [0.717, 1.165) is 0 Å². The van der Waals surface area contributed by atoms with Gasteiger partial charge in [-0.25, -0.2) is 16.8 Å². The van der Waals surface area contributed by atoms with Crippen LogP contribution in [0, 0.1) is 0 Å². The number of hydrogen-bond donors (Lipinski definition) is 1. The zero-order valence-electron chi connectivity index (χ0n) is 6.88. The van der Waals surface area contributed by atoms with Gasteiger partial charge in [0.2, 0.25) is 10.0 Å². The smallest absolute Gasteiger partial charge is 0.211 e.